The van der Waals surface area contributed by atoms with Gasteiger partial charge in [-0.05, 0) is 20.8 Å². The van der Waals surface area contributed by atoms with E-state index in [1.165, 1.54) is 11.2 Å². The van der Waals surface area contributed by atoms with Crippen LogP contribution >= 0.6 is 0 Å². The predicted octanol–water partition coefficient (Wildman–Crippen LogP) is 0.667. The Morgan fingerprint density at radius 2 is 2.20 bits per heavy atom. The summed E-state index contributed by atoms with van der Waals surface area (Å²) in [6.07, 6.45) is 1.23. The van der Waals surface area contributed by atoms with E-state index in [0.29, 0.717) is 5.76 Å². The van der Waals surface area contributed by atoms with Crippen molar-refractivity contribution in [3.8, 4) is 0 Å². The van der Waals surface area contributed by atoms with Crippen molar-refractivity contribution in [2.24, 2.45) is 0 Å². The molecule has 7 nitrogen and oxygen atoms in total. The van der Waals surface area contributed by atoms with Crippen molar-refractivity contribution < 1.29 is 14.3 Å². The second-order valence-electron chi connectivity index (χ2n) is 5.28. The number of carbonyl (C=O) groups excluding carboxylic acids is 1. The molecule has 0 fully saturated rings. The van der Waals surface area contributed by atoms with Crippen molar-refractivity contribution >= 4 is 17.0 Å². The molecule has 0 aromatic carbocycles. The van der Waals surface area contributed by atoms with Crippen molar-refractivity contribution in [3.63, 3.8) is 0 Å². The van der Waals surface area contributed by atoms with Crippen molar-refractivity contribution in [3.05, 3.63) is 28.0 Å². The first-order chi connectivity index (χ1) is 9.29. The van der Waals surface area contributed by atoms with Crippen molar-refractivity contribution in [1.82, 2.24) is 14.9 Å². The molecule has 1 amide bonds. The molecule has 2 heterocycles. The summed E-state index contributed by atoms with van der Waals surface area (Å²) in [5.41, 5.74) is -0.865. The molecule has 0 radical (unpaired) electrons. The zero-order valence-electron chi connectivity index (χ0n) is 11.9. The summed E-state index contributed by atoms with van der Waals surface area (Å²) in [7, 11) is 1.57. The molecule has 0 aliphatic carbocycles. The van der Waals surface area contributed by atoms with Crippen LogP contribution in [0.1, 0.15) is 30.0 Å². The molecule has 2 aromatic heterocycles. The average molecular weight is 279 g/mol. The van der Waals surface area contributed by atoms with Crippen LogP contribution in [-0.4, -0.2) is 45.1 Å². The summed E-state index contributed by atoms with van der Waals surface area (Å²) in [6, 6.07) is 0. The molecule has 0 saturated heterocycles. The minimum Gasteiger partial charge on any atom is -0.442 e. The number of amides is 1. The Morgan fingerprint density at radius 3 is 2.80 bits per heavy atom. The summed E-state index contributed by atoms with van der Waals surface area (Å²) >= 11 is 0. The average Bonchev–Trinajstić information content (AvgIpc) is 2.74. The number of hydrogen-bond donors (Lipinski definition) is 2. The lowest BCUT2D eigenvalue weighted by Gasteiger charge is -2.33. The summed E-state index contributed by atoms with van der Waals surface area (Å²) in [5.74, 6) is -0.0615. The van der Waals surface area contributed by atoms with Gasteiger partial charge < -0.3 is 19.4 Å². The van der Waals surface area contributed by atoms with Gasteiger partial charge in [0.15, 0.2) is 0 Å². The fourth-order valence-electron chi connectivity index (χ4n) is 1.86. The molecular weight excluding hydrogens is 262 g/mol. The van der Waals surface area contributed by atoms with Gasteiger partial charge in [0.05, 0.1) is 24.0 Å². The predicted molar refractivity (Wildman–Crippen MR) is 72.6 cm³/mol. The van der Waals surface area contributed by atoms with Crippen LogP contribution in [0.3, 0.4) is 0 Å². The minimum atomic E-state index is -0.748. The molecule has 20 heavy (non-hydrogen) atoms. The molecule has 7 heteroatoms. The Hall–Kier alpha value is -2.15. The van der Waals surface area contributed by atoms with Gasteiger partial charge in [0.1, 0.15) is 11.1 Å². The maximum Gasteiger partial charge on any atom is 0.262 e. The Labute approximate surface area is 115 Å². The van der Waals surface area contributed by atoms with E-state index in [2.05, 4.69) is 9.97 Å². The van der Waals surface area contributed by atoms with Gasteiger partial charge in [-0.15, -0.1) is 0 Å². The van der Waals surface area contributed by atoms with Crippen LogP contribution in [0.4, 0.5) is 0 Å². The SMILES string of the molecule is Cc1oc2nc[nH]c(=O)c2c1C(=O)N(C)C(C)(C)CO. The van der Waals surface area contributed by atoms with E-state index in [1.54, 1.807) is 27.8 Å². The molecule has 0 unspecified atom stereocenters. The van der Waals surface area contributed by atoms with Crippen molar-refractivity contribution in [2.45, 2.75) is 26.3 Å². The quantitative estimate of drug-likeness (QED) is 0.860. The van der Waals surface area contributed by atoms with Gasteiger partial charge in [-0.3, -0.25) is 9.59 Å². The van der Waals surface area contributed by atoms with E-state index in [9.17, 15) is 14.7 Å². The summed E-state index contributed by atoms with van der Waals surface area (Å²) in [5, 5.41) is 9.49. The van der Waals surface area contributed by atoms with Gasteiger partial charge in [0.2, 0.25) is 5.71 Å². The zero-order chi connectivity index (χ0) is 15.1. The smallest absolute Gasteiger partial charge is 0.262 e. The maximum atomic E-state index is 12.6. The highest BCUT2D eigenvalue weighted by molar-refractivity contribution is 6.06. The van der Waals surface area contributed by atoms with E-state index < -0.39 is 11.1 Å². The number of aliphatic hydroxyl groups is 1. The van der Waals surface area contributed by atoms with E-state index in [-0.39, 0.29) is 29.2 Å². The first-order valence-electron chi connectivity index (χ1n) is 6.15. The van der Waals surface area contributed by atoms with Crippen LogP contribution in [0.5, 0.6) is 0 Å². The number of fused-ring (bicyclic) bond motifs is 1. The normalized spacial score (nSPS) is 11.8. The summed E-state index contributed by atoms with van der Waals surface area (Å²) < 4.78 is 5.36. The number of aliphatic hydroxyl groups excluding tert-OH is 1. The van der Waals surface area contributed by atoms with Crippen LogP contribution in [0.25, 0.3) is 11.1 Å². The number of likely N-dealkylation sites (N-methyl/N-ethyl adjacent to an activating group) is 1. The molecule has 0 bridgehead atoms. The molecule has 108 valence electrons. The standard InChI is InChI=1S/C13H17N3O4/c1-7-8(12(19)16(4)13(2,3)5-17)9-10(18)14-6-15-11(9)20-7/h6,17H,5H2,1-4H3,(H,14,15,18). The van der Waals surface area contributed by atoms with Crippen molar-refractivity contribution in [1.29, 1.82) is 0 Å². The van der Waals surface area contributed by atoms with Crippen LogP contribution in [0, 0.1) is 6.92 Å². The number of nitrogens with zero attached hydrogens (tertiary/aromatic N) is 2. The molecule has 2 rings (SSSR count). The number of nitrogens with one attached hydrogen (secondary N) is 1. The fourth-order valence-corrected chi connectivity index (χ4v) is 1.86. The number of hydrogen-bond acceptors (Lipinski definition) is 5. The Kier molecular flexibility index (Phi) is 3.39. The van der Waals surface area contributed by atoms with Gasteiger partial charge in [-0.2, -0.15) is 0 Å². The van der Waals surface area contributed by atoms with Crippen molar-refractivity contribution in [2.75, 3.05) is 13.7 Å². The van der Waals surface area contributed by atoms with Crippen LogP contribution in [-0.2, 0) is 0 Å². The Bertz CT molecular complexity index is 714. The number of rotatable bonds is 3. The Balaban J connectivity index is 2.62. The lowest BCUT2D eigenvalue weighted by Crippen LogP contribution is -2.47. The molecule has 0 saturated carbocycles. The Morgan fingerprint density at radius 1 is 1.55 bits per heavy atom. The third-order valence-electron chi connectivity index (χ3n) is 3.48. The van der Waals surface area contributed by atoms with Gasteiger partial charge in [0, 0.05) is 7.05 Å². The van der Waals surface area contributed by atoms with E-state index in [0.717, 1.165) is 0 Å². The maximum absolute atomic E-state index is 12.6. The number of aromatic amines is 1. The molecule has 0 spiro atoms. The first-order valence-corrected chi connectivity index (χ1v) is 6.15. The van der Waals surface area contributed by atoms with Gasteiger partial charge in [-0.1, -0.05) is 0 Å². The molecule has 2 aromatic rings. The lowest BCUT2D eigenvalue weighted by atomic mass is 10.0. The fraction of sp³-hybridized carbons (Fsp3) is 0.462. The summed E-state index contributed by atoms with van der Waals surface area (Å²) in [4.78, 5) is 32.2. The summed E-state index contributed by atoms with van der Waals surface area (Å²) in [6.45, 7) is 4.86. The third-order valence-corrected chi connectivity index (χ3v) is 3.48. The topological polar surface area (TPSA) is 99.4 Å². The van der Waals surface area contributed by atoms with Crippen LogP contribution in [0.15, 0.2) is 15.5 Å². The zero-order valence-corrected chi connectivity index (χ0v) is 11.9. The number of carbonyl (C=O) groups is 1. The number of furan rings is 1. The second-order valence-corrected chi connectivity index (χ2v) is 5.28. The van der Waals surface area contributed by atoms with E-state index in [4.69, 9.17) is 4.42 Å². The van der Waals surface area contributed by atoms with Crippen LogP contribution < -0.4 is 5.56 Å². The minimum absolute atomic E-state index is 0.129. The number of H-pyrrole nitrogens is 1. The van der Waals surface area contributed by atoms with Gasteiger partial charge >= 0.3 is 0 Å². The van der Waals surface area contributed by atoms with Gasteiger partial charge in [-0.25, -0.2) is 4.98 Å². The van der Waals surface area contributed by atoms with Gasteiger partial charge in [0.25, 0.3) is 11.5 Å². The molecule has 0 aliphatic rings. The van der Waals surface area contributed by atoms with E-state index >= 15 is 0 Å². The third kappa shape index (κ3) is 2.09. The number of aryl methyl sites for hydroxylation is 1. The highest BCUT2D eigenvalue weighted by atomic mass is 16.3. The monoisotopic (exact) mass is 279 g/mol. The molecule has 2 N–H and O–H groups in total. The van der Waals surface area contributed by atoms with E-state index in [1.807, 2.05) is 0 Å². The second kappa shape index (κ2) is 4.75. The number of aromatic nitrogens is 2. The molecular formula is C13H17N3O4. The lowest BCUT2D eigenvalue weighted by molar-refractivity contribution is 0.0473. The molecule has 0 aliphatic heterocycles. The first kappa shape index (κ1) is 14.3. The molecule has 0 atom stereocenters. The van der Waals surface area contributed by atoms with Crippen LogP contribution in [0.2, 0.25) is 0 Å². The highest BCUT2D eigenvalue weighted by Gasteiger charge is 2.31. The largest absolute Gasteiger partial charge is 0.442 e. The highest BCUT2D eigenvalue weighted by Crippen LogP contribution is 2.24.